The van der Waals surface area contributed by atoms with Crippen molar-refractivity contribution >= 4 is 33.7 Å². The van der Waals surface area contributed by atoms with Crippen molar-refractivity contribution in [3.8, 4) is 0 Å². The number of nitrogens with zero attached hydrogens (tertiary/aromatic N) is 1. The van der Waals surface area contributed by atoms with E-state index in [2.05, 4.69) is 10.6 Å². The number of carbonyl (C=O) groups is 1. The molecule has 150 valence electrons. The quantitative estimate of drug-likeness (QED) is 0.495. The second kappa shape index (κ2) is 7.97. The first kappa shape index (κ1) is 19.0. The van der Waals surface area contributed by atoms with Crippen molar-refractivity contribution in [3.05, 3.63) is 64.8 Å². The summed E-state index contributed by atoms with van der Waals surface area (Å²) >= 11 is 0. The molecule has 0 radical (unpaired) electrons. The smallest absolute Gasteiger partial charge is 0.419 e. The fraction of sp³-hybridized carbons (Fsp3) is 0.273. The predicted octanol–water partition coefficient (Wildman–Crippen LogP) is 4.04. The van der Waals surface area contributed by atoms with Crippen LogP contribution in [0, 0.1) is 0 Å². The summed E-state index contributed by atoms with van der Waals surface area (Å²) in [4.78, 5) is 24.3. The number of benzene rings is 2. The highest BCUT2D eigenvalue weighted by molar-refractivity contribution is 5.94. The van der Waals surface area contributed by atoms with Crippen LogP contribution in [0.2, 0.25) is 0 Å². The fourth-order valence-electron chi connectivity index (χ4n) is 3.35. The molecule has 7 nitrogen and oxygen atoms in total. The number of anilines is 1. The van der Waals surface area contributed by atoms with Crippen molar-refractivity contribution in [2.75, 3.05) is 11.9 Å². The molecule has 2 heterocycles. The highest BCUT2D eigenvalue weighted by Gasteiger charge is 2.14. The van der Waals surface area contributed by atoms with Crippen LogP contribution in [0.3, 0.4) is 0 Å². The molecule has 4 rings (SSSR count). The average Bonchev–Trinajstić information content (AvgIpc) is 3.27. The molecule has 2 aromatic carbocycles. The lowest BCUT2D eigenvalue weighted by molar-refractivity contribution is -0.115. The van der Waals surface area contributed by atoms with E-state index in [-0.39, 0.29) is 24.2 Å². The van der Waals surface area contributed by atoms with E-state index in [0.717, 1.165) is 28.7 Å². The molecule has 1 unspecified atom stereocenters. The van der Waals surface area contributed by atoms with Crippen LogP contribution in [0.25, 0.3) is 22.1 Å². The van der Waals surface area contributed by atoms with Gasteiger partial charge in [0.05, 0.1) is 18.1 Å². The summed E-state index contributed by atoms with van der Waals surface area (Å²) in [6.07, 6.45) is 0.835. The summed E-state index contributed by atoms with van der Waals surface area (Å²) in [5, 5.41) is 7.02. The number of aromatic nitrogens is 1. The minimum atomic E-state index is -0.383. The first-order valence-corrected chi connectivity index (χ1v) is 9.70. The van der Waals surface area contributed by atoms with Crippen molar-refractivity contribution in [2.24, 2.45) is 0 Å². The second-order valence-electron chi connectivity index (χ2n) is 7.04. The zero-order valence-corrected chi connectivity index (χ0v) is 16.4. The topological polar surface area (TPSA) is 89.4 Å². The van der Waals surface area contributed by atoms with Gasteiger partial charge in [0.1, 0.15) is 11.3 Å². The second-order valence-corrected chi connectivity index (χ2v) is 7.04. The Morgan fingerprint density at radius 2 is 1.93 bits per heavy atom. The van der Waals surface area contributed by atoms with Crippen molar-refractivity contribution < 1.29 is 13.6 Å². The van der Waals surface area contributed by atoms with Gasteiger partial charge in [0.25, 0.3) is 0 Å². The van der Waals surface area contributed by atoms with E-state index in [1.165, 1.54) is 0 Å². The molecule has 7 heteroatoms. The third-order valence-electron chi connectivity index (χ3n) is 4.84. The number of hydrogen-bond donors (Lipinski definition) is 2. The third-order valence-corrected chi connectivity index (χ3v) is 4.84. The SMILES string of the molecule is CCCn1c(=O)oc2cc(NC(=O)CNC(C)c3cc4ccccc4o3)ccc21. The van der Waals surface area contributed by atoms with Gasteiger partial charge in [0.2, 0.25) is 5.91 Å². The molecule has 0 bridgehead atoms. The monoisotopic (exact) mass is 393 g/mol. The van der Waals surface area contributed by atoms with Gasteiger partial charge in [0, 0.05) is 23.7 Å². The molecule has 29 heavy (non-hydrogen) atoms. The van der Waals surface area contributed by atoms with Gasteiger partial charge in [-0.15, -0.1) is 0 Å². The number of fused-ring (bicyclic) bond motifs is 2. The number of nitrogens with one attached hydrogen (secondary N) is 2. The van der Waals surface area contributed by atoms with E-state index >= 15 is 0 Å². The molecule has 2 aromatic heterocycles. The van der Waals surface area contributed by atoms with E-state index in [9.17, 15) is 9.59 Å². The predicted molar refractivity (Wildman–Crippen MR) is 112 cm³/mol. The maximum atomic E-state index is 12.3. The van der Waals surface area contributed by atoms with Crippen LogP contribution in [-0.4, -0.2) is 17.0 Å². The van der Waals surface area contributed by atoms with Crippen LogP contribution in [0.15, 0.2) is 62.2 Å². The van der Waals surface area contributed by atoms with Gasteiger partial charge in [-0.25, -0.2) is 4.79 Å². The molecular weight excluding hydrogens is 370 g/mol. The molecule has 0 saturated carbocycles. The van der Waals surface area contributed by atoms with Crippen molar-refractivity contribution in [2.45, 2.75) is 32.9 Å². The highest BCUT2D eigenvalue weighted by Crippen LogP contribution is 2.23. The molecule has 0 aliphatic carbocycles. The van der Waals surface area contributed by atoms with E-state index < -0.39 is 0 Å². The maximum absolute atomic E-state index is 12.3. The zero-order chi connectivity index (χ0) is 20.4. The highest BCUT2D eigenvalue weighted by atomic mass is 16.4. The fourth-order valence-corrected chi connectivity index (χ4v) is 3.35. The molecule has 0 aliphatic heterocycles. The first-order valence-electron chi connectivity index (χ1n) is 9.70. The minimum Gasteiger partial charge on any atom is -0.459 e. The number of aryl methyl sites for hydroxylation is 1. The number of para-hydroxylation sites is 1. The van der Waals surface area contributed by atoms with E-state index in [1.807, 2.05) is 44.2 Å². The van der Waals surface area contributed by atoms with Crippen LogP contribution in [0.4, 0.5) is 5.69 Å². The van der Waals surface area contributed by atoms with E-state index in [1.54, 1.807) is 22.8 Å². The lowest BCUT2D eigenvalue weighted by Crippen LogP contribution is -2.29. The number of amides is 1. The van der Waals surface area contributed by atoms with Crippen molar-refractivity contribution in [1.82, 2.24) is 9.88 Å². The van der Waals surface area contributed by atoms with Gasteiger partial charge in [0.15, 0.2) is 5.58 Å². The average molecular weight is 393 g/mol. The molecule has 0 aliphatic rings. The standard InChI is InChI=1S/C22H23N3O4/c1-3-10-25-17-9-8-16(12-20(17)29-22(25)27)24-21(26)13-23-14(2)19-11-15-6-4-5-7-18(15)28-19/h4-9,11-12,14,23H,3,10,13H2,1-2H3,(H,24,26). The van der Waals surface area contributed by atoms with Gasteiger partial charge in [-0.2, -0.15) is 0 Å². The normalized spacial score (nSPS) is 12.5. The summed E-state index contributed by atoms with van der Waals surface area (Å²) in [7, 11) is 0. The van der Waals surface area contributed by atoms with E-state index in [4.69, 9.17) is 8.83 Å². The van der Waals surface area contributed by atoms with Gasteiger partial charge in [-0.1, -0.05) is 25.1 Å². The van der Waals surface area contributed by atoms with Crippen molar-refractivity contribution in [1.29, 1.82) is 0 Å². The Labute approximate surface area is 167 Å². The van der Waals surface area contributed by atoms with Crippen LogP contribution in [-0.2, 0) is 11.3 Å². The lowest BCUT2D eigenvalue weighted by Gasteiger charge is -2.11. The molecule has 0 fully saturated rings. The number of carbonyl (C=O) groups excluding carboxylic acids is 1. The Hall–Kier alpha value is -3.32. The largest absolute Gasteiger partial charge is 0.459 e. The van der Waals surface area contributed by atoms with Crippen LogP contribution in [0.1, 0.15) is 32.1 Å². The van der Waals surface area contributed by atoms with E-state index in [0.29, 0.717) is 17.8 Å². The number of furan rings is 1. The Morgan fingerprint density at radius 3 is 2.72 bits per heavy atom. The number of oxazole rings is 1. The zero-order valence-electron chi connectivity index (χ0n) is 16.4. The van der Waals surface area contributed by atoms with Crippen LogP contribution in [0.5, 0.6) is 0 Å². The van der Waals surface area contributed by atoms with Gasteiger partial charge in [-0.3, -0.25) is 14.7 Å². The summed E-state index contributed by atoms with van der Waals surface area (Å²) in [5.74, 6) is 0.203. The first-order chi connectivity index (χ1) is 14.0. The Bertz CT molecular complexity index is 1180. The minimum absolute atomic E-state index is 0.114. The lowest BCUT2D eigenvalue weighted by atomic mass is 10.2. The van der Waals surface area contributed by atoms with Crippen molar-refractivity contribution in [3.63, 3.8) is 0 Å². The van der Waals surface area contributed by atoms with Gasteiger partial charge < -0.3 is 14.2 Å². The number of hydrogen-bond acceptors (Lipinski definition) is 5. The molecule has 4 aromatic rings. The molecule has 0 saturated heterocycles. The molecule has 2 N–H and O–H groups in total. The summed E-state index contributed by atoms with van der Waals surface area (Å²) in [6, 6.07) is 14.9. The molecule has 0 spiro atoms. The summed E-state index contributed by atoms with van der Waals surface area (Å²) < 4.78 is 12.7. The molecule has 1 amide bonds. The third kappa shape index (κ3) is 3.95. The molecule has 1 atom stereocenters. The Morgan fingerprint density at radius 1 is 1.10 bits per heavy atom. The van der Waals surface area contributed by atoms with Gasteiger partial charge >= 0.3 is 5.76 Å². The van der Waals surface area contributed by atoms with Crippen LogP contribution < -0.4 is 16.4 Å². The van der Waals surface area contributed by atoms with Crippen LogP contribution >= 0.6 is 0 Å². The molecular formula is C22H23N3O4. The summed E-state index contributed by atoms with van der Waals surface area (Å²) in [5.41, 5.74) is 2.60. The Balaban J connectivity index is 1.39. The van der Waals surface area contributed by atoms with Gasteiger partial charge in [-0.05, 0) is 37.6 Å². The maximum Gasteiger partial charge on any atom is 0.419 e. The summed E-state index contributed by atoms with van der Waals surface area (Å²) in [6.45, 7) is 4.67. The number of rotatable bonds is 7. The Kier molecular flexibility index (Phi) is 5.22.